The molecule has 8 heteroatoms. The van der Waals surface area contributed by atoms with Gasteiger partial charge in [0.2, 0.25) is 5.82 Å². The van der Waals surface area contributed by atoms with Gasteiger partial charge in [-0.15, -0.1) is 5.10 Å². The number of para-hydroxylation sites is 1. The zero-order valence-corrected chi connectivity index (χ0v) is 15.6. The first-order valence-electron chi connectivity index (χ1n) is 9.07. The highest BCUT2D eigenvalue weighted by Crippen LogP contribution is 2.26. The fourth-order valence-electron chi connectivity index (χ4n) is 3.48. The van der Waals surface area contributed by atoms with Gasteiger partial charge in [-0.25, -0.2) is 14.1 Å². The number of hydrogen-bond acceptors (Lipinski definition) is 4. The van der Waals surface area contributed by atoms with E-state index < -0.39 is 29.7 Å². The molecule has 0 saturated carbocycles. The number of benzene rings is 1. The van der Waals surface area contributed by atoms with Gasteiger partial charge in [0.15, 0.2) is 0 Å². The van der Waals surface area contributed by atoms with Crippen molar-refractivity contribution in [3.8, 4) is 5.69 Å². The van der Waals surface area contributed by atoms with Gasteiger partial charge in [0.25, 0.3) is 5.91 Å². The number of carboxylic acids is 1. The van der Waals surface area contributed by atoms with Crippen LogP contribution in [-0.2, 0) is 4.79 Å². The topological polar surface area (TPSA) is 88.3 Å². The molecule has 0 aliphatic carbocycles. The lowest BCUT2D eigenvalue weighted by atomic mass is 9.90. The van der Waals surface area contributed by atoms with Crippen LogP contribution in [0.4, 0.5) is 4.39 Å². The number of piperidine rings is 1. The number of halogens is 1. The molecule has 1 N–H and O–H groups in total. The molecule has 0 unspecified atom stereocenters. The van der Waals surface area contributed by atoms with E-state index in [9.17, 15) is 19.1 Å². The van der Waals surface area contributed by atoms with Crippen LogP contribution in [0, 0.1) is 11.7 Å². The number of hydrogen-bond donors (Lipinski definition) is 1. The molecule has 2 atom stereocenters. The Balaban J connectivity index is 1.98. The summed E-state index contributed by atoms with van der Waals surface area (Å²) in [4.78, 5) is 30.3. The summed E-state index contributed by atoms with van der Waals surface area (Å²) in [6, 6.07) is 5.72. The van der Waals surface area contributed by atoms with Gasteiger partial charge >= 0.3 is 5.97 Å². The van der Waals surface area contributed by atoms with Crippen molar-refractivity contribution >= 4 is 11.9 Å². The maximum absolute atomic E-state index is 14.2. The molecular weight excluding hydrogens is 351 g/mol. The molecule has 3 rings (SSSR count). The highest BCUT2D eigenvalue weighted by Gasteiger charge is 2.37. The minimum atomic E-state index is -0.910. The predicted molar refractivity (Wildman–Crippen MR) is 96.3 cm³/mol. The van der Waals surface area contributed by atoms with Gasteiger partial charge in [0.1, 0.15) is 17.3 Å². The van der Waals surface area contributed by atoms with Crippen LogP contribution in [0.15, 0.2) is 24.3 Å². The molecular formula is C19H23FN4O3. The van der Waals surface area contributed by atoms with E-state index in [2.05, 4.69) is 10.1 Å². The van der Waals surface area contributed by atoms with Crippen molar-refractivity contribution in [2.24, 2.45) is 5.92 Å². The summed E-state index contributed by atoms with van der Waals surface area (Å²) >= 11 is 0. The minimum absolute atomic E-state index is 0.0418. The van der Waals surface area contributed by atoms with Crippen molar-refractivity contribution in [1.29, 1.82) is 0 Å². The van der Waals surface area contributed by atoms with Gasteiger partial charge in [-0.1, -0.05) is 26.0 Å². The Hall–Kier alpha value is -2.77. The highest BCUT2D eigenvalue weighted by atomic mass is 19.1. The van der Waals surface area contributed by atoms with Crippen molar-refractivity contribution in [3.05, 3.63) is 41.7 Å². The fraction of sp³-hybridized carbons (Fsp3) is 0.474. The summed E-state index contributed by atoms with van der Waals surface area (Å²) in [7, 11) is 0. The van der Waals surface area contributed by atoms with Gasteiger partial charge in [-0.2, -0.15) is 0 Å². The fourth-order valence-corrected chi connectivity index (χ4v) is 3.48. The zero-order valence-electron chi connectivity index (χ0n) is 15.6. The first-order valence-corrected chi connectivity index (χ1v) is 9.07. The van der Waals surface area contributed by atoms with E-state index in [1.807, 2.05) is 13.8 Å². The SMILES string of the molecule is CC(C)c1nc(C(=O)N2CCC[C@H](C(=O)O)[C@@H]2C)nn1-c1ccccc1F. The van der Waals surface area contributed by atoms with Gasteiger partial charge in [-0.05, 0) is 31.9 Å². The smallest absolute Gasteiger partial charge is 0.308 e. The van der Waals surface area contributed by atoms with E-state index in [0.29, 0.717) is 25.2 Å². The van der Waals surface area contributed by atoms with Crippen LogP contribution in [-0.4, -0.2) is 49.2 Å². The molecule has 144 valence electrons. The van der Waals surface area contributed by atoms with E-state index in [1.165, 1.54) is 15.6 Å². The number of carbonyl (C=O) groups is 2. The Morgan fingerprint density at radius 1 is 1.30 bits per heavy atom. The average Bonchev–Trinajstić information content (AvgIpc) is 3.07. The molecule has 1 aliphatic rings. The van der Waals surface area contributed by atoms with Crippen LogP contribution in [0.1, 0.15) is 56.0 Å². The van der Waals surface area contributed by atoms with E-state index in [0.717, 1.165) is 0 Å². The number of nitrogens with zero attached hydrogens (tertiary/aromatic N) is 4. The first-order chi connectivity index (χ1) is 12.8. The second-order valence-electron chi connectivity index (χ2n) is 7.14. The minimum Gasteiger partial charge on any atom is -0.481 e. The number of amides is 1. The molecule has 1 aromatic carbocycles. The summed E-state index contributed by atoms with van der Waals surface area (Å²) in [6.07, 6.45) is 1.15. The van der Waals surface area contributed by atoms with Crippen molar-refractivity contribution in [2.75, 3.05) is 6.54 Å². The Labute approximate surface area is 156 Å². The van der Waals surface area contributed by atoms with Gasteiger partial charge < -0.3 is 10.0 Å². The third kappa shape index (κ3) is 3.56. The van der Waals surface area contributed by atoms with Crippen molar-refractivity contribution in [1.82, 2.24) is 19.7 Å². The summed E-state index contributed by atoms with van der Waals surface area (Å²) in [6.45, 7) is 5.96. The largest absolute Gasteiger partial charge is 0.481 e. The predicted octanol–water partition coefficient (Wildman–Crippen LogP) is 2.86. The van der Waals surface area contributed by atoms with Gasteiger partial charge in [0, 0.05) is 18.5 Å². The molecule has 0 spiro atoms. The number of rotatable bonds is 4. The summed E-state index contributed by atoms with van der Waals surface area (Å²) in [5.41, 5.74) is 0.225. The molecule has 1 aliphatic heterocycles. The lowest BCUT2D eigenvalue weighted by Crippen LogP contribution is -2.49. The Morgan fingerprint density at radius 3 is 2.63 bits per heavy atom. The van der Waals surface area contributed by atoms with Crippen LogP contribution in [0.25, 0.3) is 5.69 Å². The molecule has 2 aromatic rings. The summed E-state index contributed by atoms with van der Waals surface area (Å²) in [5, 5.41) is 13.6. The number of aromatic nitrogens is 3. The molecule has 1 amide bonds. The molecule has 0 bridgehead atoms. The van der Waals surface area contributed by atoms with E-state index in [1.54, 1.807) is 25.1 Å². The van der Waals surface area contributed by atoms with Crippen LogP contribution in [0.2, 0.25) is 0 Å². The standard InChI is InChI=1S/C19H23FN4O3/c1-11(2)17-21-16(22-24(17)15-9-5-4-8-14(15)20)18(25)23-10-6-7-13(12(23)3)19(26)27/h4-5,8-9,11-13H,6-7,10H2,1-3H3,(H,26,27)/t12-,13-/m0/s1. The van der Waals surface area contributed by atoms with Crippen LogP contribution < -0.4 is 0 Å². The van der Waals surface area contributed by atoms with E-state index in [-0.39, 0.29) is 17.4 Å². The maximum atomic E-state index is 14.2. The second-order valence-corrected chi connectivity index (χ2v) is 7.14. The zero-order chi connectivity index (χ0) is 19.7. The van der Waals surface area contributed by atoms with Gasteiger partial charge in [0.05, 0.1) is 5.92 Å². The third-order valence-electron chi connectivity index (χ3n) is 4.99. The second kappa shape index (κ2) is 7.46. The average molecular weight is 374 g/mol. The van der Waals surface area contributed by atoms with E-state index in [4.69, 9.17) is 0 Å². The van der Waals surface area contributed by atoms with E-state index >= 15 is 0 Å². The number of likely N-dealkylation sites (tertiary alicyclic amines) is 1. The Kier molecular flexibility index (Phi) is 5.25. The van der Waals surface area contributed by atoms with Crippen molar-refractivity contribution in [3.63, 3.8) is 0 Å². The monoisotopic (exact) mass is 374 g/mol. The molecule has 7 nitrogen and oxygen atoms in total. The molecule has 2 heterocycles. The Bertz CT molecular complexity index is 864. The van der Waals surface area contributed by atoms with Crippen LogP contribution in [0.3, 0.4) is 0 Å². The highest BCUT2D eigenvalue weighted by molar-refractivity contribution is 5.91. The molecule has 1 aromatic heterocycles. The third-order valence-corrected chi connectivity index (χ3v) is 4.99. The maximum Gasteiger partial charge on any atom is 0.308 e. The number of aliphatic carboxylic acids is 1. The van der Waals surface area contributed by atoms with Crippen molar-refractivity contribution < 1.29 is 19.1 Å². The molecule has 1 saturated heterocycles. The molecule has 1 fully saturated rings. The summed E-state index contributed by atoms with van der Waals surface area (Å²) in [5.74, 6) is -2.05. The normalized spacial score (nSPS) is 20.1. The Morgan fingerprint density at radius 2 is 2.00 bits per heavy atom. The quantitative estimate of drug-likeness (QED) is 0.889. The summed E-state index contributed by atoms with van der Waals surface area (Å²) < 4.78 is 15.6. The number of carbonyl (C=O) groups excluding carboxylic acids is 1. The van der Waals surface area contributed by atoms with Crippen molar-refractivity contribution in [2.45, 2.75) is 45.6 Å². The van der Waals surface area contributed by atoms with Crippen LogP contribution >= 0.6 is 0 Å². The van der Waals surface area contributed by atoms with Crippen LogP contribution in [0.5, 0.6) is 0 Å². The molecule has 27 heavy (non-hydrogen) atoms. The van der Waals surface area contributed by atoms with Gasteiger partial charge in [-0.3, -0.25) is 9.59 Å². The molecule has 0 radical (unpaired) electrons. The lowest BCUT2D eigenvalue weighted by Gasteiger charge is -2.36. The lowest BCUT2D eigenvalue weighted by molar-refractivity contribution is -0.145. The number of carboxylic acid groups (broad SMARTS) is 1. The first kappa shape index (κ1) is 19.0.